The summed E-state index contributed by atoms with van der Waals surface area (Å²) in [5, 5.41) is 12.7. The molecule has 0 spiro atoms. The average molecular weight is 228 g/mol. The first kappa shape index (κ1) is 9.27. The summed E-state index contributed by atoms with van der Waals surface area (Å²) in [5.74, 6) is 0. The Morgan fingerprint density at radius 2 is 2.33 bits per heavy atom. The van der Waals surface area contributed by atoms with Gasteiger partial charge >= 0.3 is 0 Å². The first-order valence-electron chi connectivity index (χ1n) is 3.73. The zero-order valence-electron chi connectivity index (χ0n) is 7.03. The summed E-state index contributed by atoms with van der Waals surface area (Å²) in [6.07, 6.45) is 3.59. The Morgan fingerprint density at radius 1 is 1.67 bits per heavy atom. The lowest BCUT2D eigenvalue weighted by atomic mass is 10.3. The fourth-order valence-electron chi connectivity index (χ4n) is 0.841. The molecule has 0 aromatic carbocycles. The minimum absolute atomic E-state index is 0.245. The minimum atomic E-state index is -0.245. The molecule has 64 valence electrons. The maximum atomic E-state index is 8.60. The van der Waals surface area contributed by atoms with E-state index in [0.717, 1.165) is 5.56 Å². The molecular weight excluding hydrogens is 218 g/mol. The van der Waals surface area contributed by atoms with Crippen LogP contribution in [0.5, 0.6) is 0 Å². The minimum Gasteiger partial charge on any atom is -0.270 e. The molecule has 0 aliphatic rings. The second-order valence-corrected chi connectivity index (χ2v) is 3.75. The van der Waals surface area contributed by atoms with Crippen molar-refractivity contribution in [3.8, 4) is 6.07 Å². The van der Waals surface area contributed by atoms with Crippen LogP contribution in [0.3, 0.4) is 0 Å². The molecule has 4 heteroatoms. The highest BCUT2D eigenvalue weighted by atomic mass is 79.9. The summed E-state index contributed by atoms with van der Waals surface area (Å²) in [6.45, 7) is 4.10. The van der Waals surface area contributed by atoms with Crippen LogP contribution in [0.4, 0.5) is 0 Å². The lowest BCUT2D eigenvalue weighted by Gasteiger charge is -2.02. The zero-order chi connectivity index (χ0) is 9.14. The van der Waals surface area contributed by atoms with Crippen molar-refractivity contribution < 1.29 is 0 Å². The van der Waals surface area contributed by atoms with Gasteiger partial charge in [-0.15, -0.1) is 0 Å². The molecule has 3 nitrogen and oxygen atoms in total. The molecule has 0 saturated heterocycles. The zero-order valence-corrected chi connectivity index (χ0v) is 8.62. The Bertz CT molecular complexity index is 297. The van der Waals surface area contributed by atoms with E-state index in [-0.39, 0.29) is 4.83 Å². The van der Waals surface area contributed by atoms with E-state index in [2.05, 4.69) is 27.1 Å². The first-order chi connectivity index (χ1) is 5.65. The number of hydrogen-bond donors (Lipinski definition) is 0. The van der Waals surface area contributed by atoms with Crippen LogP contribution in [-0.2, 0) is 0 Å². The third kappa shape index (κ3) is 1.86. The number of aromatic nitrogens is 2. The number of hydrogen-bond acceptors (Lipinski definition) is 2. The largest absolute Gasteiger partial charge is 0.270 e. The summed E-state index contributed by atoms with van der Waals surface area (Å²) < 4.78 is 1.83. The van der Waals surface area contributed by atoms with Gasteiger partial charge in [-0.1, -0.05) is 15.9 Å². The molecule has 1 atom stereocenters. The molecule has 0 N–H and O–H groups in total. The van der Waals surface area contributed by atoms with E-state index in [1.165, 1.54) is 0 Å². The maximum Gasteiger partial charge on any atom is 0.129 e. The van der Waals surface area contributed by atoms with E-state index in [1.807, 2.05) is 24.7 Å². The molecule has 0 aliphatic heterocycles. The van der Waals surface area contributed by atoms with Gasteiger partial charge in [0.15, 0.2) is 0 Å². The van der Waals surface area contributed by atoms with Crippen LogP contribution in [-0.4, -0.2) is 9.78 Å². The first-order valence-corrected chi connectivity index (χ1v) is 4.64. The number of rotatable bonds is 2. The van der Waals surface area contributed by atoms with Gasteiger partial charge in [-0.3, -0.25) is 4.68 Å². The van der Waals surface area contributed by atoms with Gasteiger partial charge in [-0.2, -0.15) is 10.4 Å². The smallest absolute Gasteiger partial charge is 0.129 e. The van der Waals surface area contributed by atoms with Gasteiger partial charge in [-0.05, 0) is 13.8 Å². The number of nitriles is 1. The molecule has 0 radical (unpaired) electrons. The Hall–Kier alpha value is -0.820. The quantitative estimate of drug-likeness (QED) is 0.729. The van der Waals surface area contributed by atoms with E-state index in [4.69, 9.17) is 5.26 Å². The fourth-order valence-corrected chi connectivity index (χ4v) is 1.08. The van der Waals surface area contributed by atoms with Crippen LogP contribution in [0.2, 0.25) is 0 Å². The van der Waals surface area contributed by atoms with Crippen molar-refractivity contribution in [1.82, 2.24) is 9.78 Å². The van der Waals surface area contributed by atoms with E-state index in [9.17, 15) is 0 Å². The van der Waals surface area contributed by atoms with E-state index >= 15 is 0 Å². The standard InChI is InChI=1S/C8H10BrN3/c1-6(2)12-5-7(4-11-12)8(9)3-10/h4-6,8H,1-2H3. The molecule has 1 rings (SSSR count). The summed E-state index contributed by atoms with van der Waals surface area (Å²) in [4.78, 5) is -0.245. The fraction of sp³-hybridized carbons (Fsp3) is 0.500. The normalized spacial score (nSPS) is 12.9. The number of alkyl halides is 1. The van der Waals surface area contributed by atoms with Gasteiger partial charge in [0.25, 0.3) is 0 Å². The van der Waals surface area contributed by atoms with Crippen molar-refractivity contribution in [2.24, 2.45) is 0 Å². The topological polar surface area (TPSA) is 41.6 Å². The third-order valence-electron chi connectivity index (χ3n) is 1.56. The highest BCUT2D eigenvalue weighted by Crippen LogP contribution is 2.21. The molecular formula is C8H10BrN3. The van der Waals surface area contributed by atoms with Crippen LogP contribution in [0, 0.1) is 11.3 Å². The van der Waals surface area contributed by atoms with E-state index in [1.54, 1.807) is 6.20 Å². The van der Waals surface area contributed by atoms with E-state index < -0.39 is 0 Å². The Balaban J connectivity index is 2.86. The van der Waals surface area contributed by atoms with Crippen molar-refractivity contribution in [1.29, 1.82) is 5.26 Å². The van der Waals surface area contributed by atoms with Crippen LogP contribution in [0.15, 0.2) is 12.4 Å². The molecule has 1 unspecified atom stereocenters. The molecule has 0 fully saturated rings. The second-order valence-electron chi connectivity index (χ2n) is 2.84. The van der Waals surface area contributed by atoms with Gasteiger partial charge in [0.1, 0.15) is 4.83 Å². The Labute approximate surface area is 80.1 Å². The van der Waals surface area contributed by atoms with Crippen LogP contribution < -0.4 is 0 Å². The van der Waals surface area contributed by atoms with E-state index in [0.29, 0.717) is 6.04 Å². The van der Waals surface area contributed by atoms with Gasteiger partial charge in [0.05, 0.1) is 12.3 Å². The number of nitrogens with zero attached hydrogens (tertiary/aromatic N) is 3. The predicted molar refractivity (Wildman–Crippen MR) is 49.9 cm³/mol. The predicted octanol–water partition coefficient (Wildman–Crippen LogP) is 2.42. The average Bonchev–Trinajstić information content (AvgIpc) is 2.51. The maximum absolute atomic E-state index is 8.60. The van der Waals surface area contributed by atoms with Crippen LogP contribution in [0.1, 0.15) is 30.3 Å². The summed E-state index contributed by atoms with van der Waals surface area (Å²) in [5.41, 5.74) is 0.909. The molecule has 0 saturated carbocycles. The Morgan fingerprint density at radius 3 is 2.75 bits per heavy atom. The molecule has 12 heavy (non-hydrogen) atoms. The van der Waals surface area contributed by atoms with Crippen LogP contribution in [0.25, 0.3) is 0 Å². The molecule has 1 aromatic heterocycles. The highest BCUT2D eigenvalue weighted by molar-refractivity contribution is 9.09. The van der Waals surface area contributed by atoms with Crippen molar-refractivity contribution in [3.05, 3.63) is 18.0 Å². The molecule has 1 aromatic rings. The third-order valence-corrected chi connectivity index (χ3v) is 2.29. The van der Waals surface area contributed by atoms with Crippen molar-refractivity contribution in [3.63, 3.8) is 0 Å². The molecule has 0 amide bonds. The molecule has 1 heterocycles. The highest BCUT2D eigenvalue weighted by Gasteiger charge is 2.08. The summed E-state index contributed by atoms with van der Waals surface area (Å²) >= 11 is 3.23. The molecule has 0 bridgehead atoms. The van der Waals surface area contributed by atoms with Gasteiger partial charge in [0, 0.05) is 17.8 Å². The summed E-state index contributed by atoms with van der Waals surface area (Å²) in [6, 6.07) is 2.44. The second kappa shape index (κ2) is 3.72. The number of halogens is 1. The molecule has 0 aliphatic carbocycles. The lowest BCUT2D eigenvalue weighted by molar-refractivity contribution is 0.532. The van der Waals surface area contributed by atoms with Crippen LogP contribution >= 0.6 is 15.9 Å². The Kier molecular flexibility index (Phi) is 2.88. The summed E-state index contributed by atoms with van der Waals surface area (Å²) in [7, 11) is 0. The van der Waals surface area contributed by atoms with Gasteiger partial charge < -0.3 is 0 Å². The van der Waals surface area contributed by atoms with Crippen molar-refractivity contribution in [2.45, 2.75) is 24.7 Å². The van der Waals surface area contributed by atoms with Gasteiger partial charge in [0.2, 0.25) is 0 Å². The van der Waals surface area contributed by atoms with Crippen molar-refractivity contribution >= 4 is 15.9 Å². The van der Waals surface area contributed by atoms with Crippen molar-refractivity contribution in [2.75, 3.05) is 0 Å². The monoisotopic (exact) mass is 227 g/mol. The van der Waals surface area contributed by atoms with Gasteiger partial charge in [-0.25, -0.2) is 0 Å². The lowest BCUT2D eigenvalue weighted by Crippen LogP contribution is -1.99. The SMILES string of the molecule is CC(C)n1cc(C(Br)C#N)cn1.